The van der Waals surface area contributed by atoms with Crippen LogP contribution in [0.25, 0.3) is 5.69 Å². The molecule has 94 valence electrons. The lowest BCUT2D eigenvalue weighted by molar-refractivity contribution is 0.0520. The van der Waals surface area contributed by atoms with Gasteiger partial charge in [-0.25, -0.2) is 9.78 Å². The molecule has 0 spiro atoms. The topological polar surface area (TPSA) is 53.4 Å². The molecular weight excluding hydrogens is 232 g/mol. The lowest BCUT2D eigenvalue weighted by Crippen LogP contribution is -2.04. The van der Waals surface area contributed by atoms with Gasteiger partial charge in [0, 0.05) is 6.20 Å². The van der Waals surface area contributed by atoms with Crippen molar-refractivity contribution >= 4 is 5.97 Å². The van der Waals surface area contributed by atoms with Crippen LogP contribution in [0.4, 0.5) is 0 Å². The molecule has 5 nitrogen and oxygen atoms in total. The van der Waals surface area contributed by atoms with E-state index in [1.54, 1.807) is 31.1 Å². The molecule has 0 fully saturated rings. The number of rotatable bonds is 4. The molecule has 0 aliphatic rings. The summed E-state index contributed by atoms with van der Waals surface area (Å²) in [5, 5.41) is 0. The minimum absolute atomic E-state index is 0.280. The van der Waals surface area contributed by atoms with Crippen LogP contribution in [0.15, 0.2) is 36.8 Å². The summed E-state index contributed by atoms with van der Waals surface area (Å²) < 4.78 is 11.9. The third kappa shape index (κ3) is 2.34. The number of imidazole rings is 1. The second-order valence-electron chi connectivity index (χ2n) is 3.56. The molecule has 0 N–H and O–H groups in total. The summed E-state index contributed by atoms with van der Waals surface area (Å²) in [6, 6.07) is 7.50. The van der Waals surface area contributed by atoms with Crippen LogP contribution in [0.5, 0.6) is 5.75 Å². The van der Waals surface area contributed by atoms with Crippen molar-refractivity contribution < 1.29 is 14.3 Å². The van der Waals surface area contributed by atoms with Gasteiger partial charge in [0.25, 0.3) is 0 Å². The fourth-order valence-corrected chi connectivity index (χ4v) is 1.61. The fraction of sp³-hybridized carbons (Fsp3) is 0.231. The smallest absolute Gasteiger partial charge is 0.358 e. The molecule has 0 amide bonds. The molecule has 0 atom stereocenters. The lowest BCUT2D eigenvalue weighted by atomic mass is 10.3. The zero-order chi connectivity index (χ0) is 13.0. The molecule has 18 heavy (non-hydrogen) atoms. The van der Waals surface area contributed by atoms with Crippen LogP contribution in [0.2, 0.25) is 0 Å². The Bertz CT molecular complexity index is 549. The molecule has 2 rings (SSSR count). The molecule has 0 radical (unpaired) electrons. The molecule has 5 heteroatoms. The first-order chi connectivity index (χ1) is 8.76. The Hall–Kier alpha value is -2.30. The summed E-state index contributed by atoms with van der Waals surface area (Å²) in [5.41, 5.74) is 1.10. The van der Waals surface area contributed by atoms with E-state index in [-0.39, 0.29) is 5.69 Å². The van der Waals surface area contributed by atoms with Gasteiger partial charge in [0.1, 0.15) is 12.1 Å². The Balaban J connectivity index is 2.32. The van der Waals surface area contributed by atoms with Gasteiger partial charge in [-0.15, -0.1) is 0 Å². The van der Waals surface area contributed by atoms with Crippen LogP contribution in [-0.2, 0) is 4.74 Å². The third-order valence-corrected chi connectivity index (χ3v) is 2.43. The molecule has 2 aromatic rings. The Morgan fingerprint density at radius 1 is 1.39 bits per heavy atom. The summed E-state index contributed by atoms with van der Waals surface area (Å²) in [7, 11) is 1.60. The van der Waals surface area contributed by atoms with E-state index >= 15 is 0 Å². The van der Waals surface area contributed by atoms with E-state index in [0.29, 0.717) is 12.4 Å². The predicted molar refractivity (Wildman–Crippen MR) is 66.1 cm³/mol. The van der Waals surface area contributed by atoms with Crippen LogP contribution in [0, 0.1) is 0 Å². The average molecular weight is 246 g/mol. The summed E-state index contributed by atoms with van der Waals surface area (Å²) in [4.78, 5) is 15.5. The van der Waals surface area contributed by atoms with Crippen molar-refractivity contribution in [3.8, 4) is 11.4 Å². The zero-order valence-electron chi connectivity index (χ0n) is 10.3. The summed E-state index contributed by atoms with van der Waals surface area (Å²) in [6.45, 7) is 2.09. The molecule has 0 bridgehead atoms. The molecule has 0 unspecified atom stereocenters. The SMILES string of the molecule is CCOC(=O)c1cn(-c2ccccc2OC)cn1. The fourth-order valence-electron chi connectivity index (χ4n) is 1.61. The number of carbonyl (C=O) groups is 1. The maximum Gasteiger partial charge on any atom is 0.358 e. The highest BCUT2D eigenvalue weighted by Crippen LogP contribution is 2.22. The van der Waals surface area contributed by atoms with Gasteiger partial charge >= 0.3 is 5.97 Å². The standard InChI is InChI=1S/C13H14N2O3/c1-3-18-13(16)10-8-15(9-14-10)11-6-4-5-7-12(11)17-2/h4-9H,3H2,1-2H3. The normalized spacial score (nSPS) is 10.1. The number of esters is 1. The Labute approximate surface area is 105 Å². The maximum absolute atomic E-state index is 11.5. The quantitative estimate of drug-likeness (QED) is 0.775. The van der Waals surface area contributed by atoms with E-state index in [1.165, 1.54) is 0 Å². The Morgan fingerprint density at radius 3 is 2.89 bits per heavy atom. The molecule has 0 aliphatic heterocycles. The first kappa shape index (κ1) is 12.2. The Kier molecular flexibility index (Phi) is 3.62. The van der Waals surface area contributed by atoms with Crippen LogP contribution < -0.4 is 4.74 Å². The van der Waals surface area contributed by atoms with E-state index in [4.69, 9.17) is 9.47 Å². The number of ether oxygens (including phenoxy) is 2. The van der Waals surface area contributed by atoms with Gasteiger partial charge in [-0.2, -0.15) is 0 Å². The van der Waals surface area contributed by atoms with E-state index in [1.807, 2.05) is 24.3 Å². The lowest BCUT2D eigenvalue weighted by Gasteiger charge is -2.07. The van der Waals surface area contributed by atoms with Crippen LogP contribution in [0.3, 0.4) is 0 Å². The van der Waals surface area contributed by atoms with Crippen molar-refractivity contribution in [2.75, 3.05) is 13.7 Å². The highest BCUT2D eigenvalue weighted by molar-refractivity contribution is 5.87. The monoisotopic (exact) mass is 246 g/mol. The maximum atomic E-state index is 11.5. The number of carbonyl (C=O) groups excluding carboxylic acids is 1. The molecule has 0 aliphatic carbocycles. The van der Waals surface area contributed by atoms with Gasteiger partial charge in [-0.05, 0) is 19.1 Å². The van der Waals surface area contributed by atoms with E-state index in [2.05, 4.69) is 4.98 Å². The first-order valence-corrected chi connectivity index (χ1v) is 5.60. The predicted octanol–water partition coefficient (Wildman–Crippen LogP) is 2.06. The number of methoxy groups -OCH3 is 1. The van der Waals surface area contributed by atoms with Gasteiger partial charge in [0.15, 0.2) is 5.69 Å². The minimum atomic E-state index is -0.425. The van der Waals surface area contributed by atoms with Crippen molar-refractivity contribution in [2.45, 2.75) is 6.92 Å². The first-order valence-electron chi connectivity index (χ1n) is 5.60. The number of hydrogen-bond acceptors (Lipinski definition) is 4. The van der Waals surface area contributed by atoms with Gasteiger partial charge in [0.2, 0.25) is 0 Å². The van der Waals surface area contributed by atoms with Crippen LogP contribution >= 0.6 is 0 Å². The largest absolute Gasteiger partial charge is 0.495 e. The van der Waals surface area contributed by atoms with Gasteiger partial charge in [-0.1, -0.05) is 12.1 Å². The molecule has 0 saturated heterocycles. The molecular formula is C13H14N2O3. The number of para-hydroxylation sites is 2. The third-order valence-electron chi connectivity index (χ3n) is 2.43. The second-order valence-corrected chi connectivity index (χ2v) is 3.56. The zero-order valence-corrected chi connectivity index (χ0v) is 10.3. The summed E-state index contributed by atoms with van der Waals surface area (Å²) in [6.07, 6.45) is 3.18. The van der Waals surface area contributed by atoms with Gasteiger partial charge in [0.05, 0.1) is 19.4 Å². The minimum Gasteiger partial charge on any atom is -0.495 e. The van der Waals surface area contributed by atoms with Crippen molar-refractivity contribution in [3.63, 3.8) is 0 Å². The number of nitrogens with zero attached hydrogens (tertiary/aromatic N) is 2. The molecule has 1 heterocycles. The molecule has 0 saturated carbocycles. The number of benzene rings is 1. The van der Waals surface area contributed by atoms with Crippen molar-refractivity contribution in [3.05, 3.63) is 42.5 Å². The highest BCUT2D eigenvalue weighted by Gasteiger charge is 2.12. The van der Waals surface area contributed by atoms with Gasteiger partial charge < -0.3 is 14.0 Å². The van der Waals surface area contributed by atoms with Gasteiger partial charge in [-0.3, -0.25) is 0 Å². The summed E-state index contributed by atoms with van der Waals surface area (Å²) in [5.74, 6) is 0.288. The highest BCUT2D eigenvalue weighted by atomic mass is 16.5. The van der Waals surface area contributed by atoms with Crippen molar-refractivity contribution in [2.24, 2.45) is 0 Å². The van der Waals surface area contributed by atoms with Crippen molar-refractivity contribution in [1.82, 2.24) is 9.55 Å². The van der Waals surface area contributed by atoms with E-state index in [9.17, 15) is 4.79 Å². The Morgan fingerprint density at radius 2 is 2.17 bits per heavy atom. The van der Waals surface area contributed by atoms with Crippen molar-refractivity contribution in [1.29, 1.82) is 0 Å². The second kappa shape index (κ2) is 5.35. The summed E-state index contributed by atoms with van der Waals surface area (Å²) >= 11 is 0. The van der Waals surface area contributed by atoms with E-state index < -0.39 is 5.97 Å². The van der Waals surface area contributed by atoms with Crippen LogP contribution in [0.1, 0.15) is 17.4 Å². The molecule has 1 aromatic carbocycles. The number of hydrogen-bond donors (Lipinski definition) is 0. The number of aromatic nitrogens is 2. The van der Waals surface area contributed by atoms with Crippen LogP contribution in [-0.4, -0.2) is 29.2 Å². The van der Waals surface area contributed by atoms with E-state index in [0.717, 1.165) is 5.69 Å². The average Bonchev–Trinajstić information content (AvgIpc) is 2.88. The molecule has 1 aromatic heterocycles.